The van der Waals surface area contributed by atoms with Gasteiger partial charge in [-0.3, -0.25) is 9.88 Å². The Morgan fingerprint density at radius 2 is 1.90 bits per heavy atom. The Morgan fingerprint density at radius 1 is 1.03 bits per heavy atom. The lowest BCUT2D eigenvalue weighted by molar-refractivity contribution is -0.0506. The van der Waals surface area contributed by atoms with Gasteiger partial charge >= 0.3 is 0 Å². The molecule has 1 aliphatic heterocycles. The maximum absolute atomic E-state index is 13.3. The molecule has 1 aromatic heterocycles. The van der Waals surface area contributed by atoms with Gasteiger partial charge in [-0.25, -0.2) is 4.39 Å². The van der Waals surface area contributed by atoms with Crippen LogP contribution in [-0.4, -0.2) is 32.9 Å². The number of hydrogen-bond donors (Lipinski definition) is 2. The SMILES string of the molecule is OC(O)CCN1Cc2ccc(-c3cccc(OCc4cccc(F)c4)c3)nc2C1. The third-order valence-electron chi connectivity index (χ3n) is 4.96. The van der Waals surface area contributed by atoms with Crippen LogP contribution in [0.4, 0.5) is 4.39 Å². The van der Waals surface area contributed by atoms with E-state index < -0.39 is 6.29 Å². The van der Waals surface area contributed by atoms with Crippen LogP contribution >= 0.6 is 0 Å². The van der Waals surface area contributed by atoms with E-state index in [-0.39, 0.29) is 5.82 Å². The molecular formula is C23H23FN2O3. The molecule has 2 heterocycles. The highest BCUT2D eigenvalue weighted by Crippen LogP contribution is 2.27. The van der Waals surface area contributed by atoms with E-state index in [9.17, 15) is 4.39 Å². The van der Waals surface area contributed by atoms with E-state index >= 15 is 0 Å². The quantitative estimate of drug-likeness (QED) is 0.601. The molecule has 0 radical (unpaired) electrons. The van der Waals surface area contributed by atoms with Gasteiger partial charge in [-0.05, 0) is 41.5 Å². The summed E-state index contributed by atoms with van der Waals surface area (Å²) >= 11 is 0. The molecular weight excluding hydrogens is 371 g/mol. The molecule has 0 fully saturated rings. The van der Waals surface area contributed by atoms with Crippen molar-refractivity contribution in [3.63, 3.8) is 0 Å². The molecule has 0 saturated heterocycles. The van der Waals surface area contributed by atoms with Crippen molar-refractivity contribution in [1.29, 1.82) is 0 Å². The Bertz CT molecular complexity index is 993. The molecule has 0 bridgehead atoms. The molecule has 150 valence electrons. The summed E-state index contributed by atoms with van der Waals surface area (Å²) in [7, 11) is 0. The van der Waals surface area contributed by atoms with Gasteiger partial charge in [0.2, 0.25) is 0 Å². The minimum atomic E-state index is -1.28. The summed E-state index contributed by atoms with van der Waals surface area (Å²) in [6.07, 6.45) is -0.955. The van der Waals surface area contributed by atoms with E-state index in [1.54, 1.807) is 6.07 Å². The van der Waals surface area contributed by atoms with Gasteiger partial charge in [-0.1, -0.05) is 30.3 Å². The number of aliphatic hydroxyl groups is 2. The second kappa shape index (κ2) is 8.69. The number of hydrogen-bond acceptors (Lipinski definition) is 5. The maximum atomic E-state index is 13.3. The molecule has 2 N–H and O–H groups in total. The zero-order valence-electron chi connectivity index (χ0n) is 16.0. The number of halogens is 1. The summed E-state index contributed by atoms with van der Waals surface area (Å²) in [6, 6.07) is 18.2. The van der Waals surface area contributed by atoms with Crippen molar-refractivity contribution in [3.8, 4) is 17.0 Å². The number of pyridine rings is 1. The van der Waals surface area contributed by atoms with Crippen molar-refractivity contribution in [1.82, 2.24) is 9.88 Å². The Labute approximate surface area is 169 Å². The van der Waals surface area contributed by atoms with Crippen LogP contribution in [0.25, 0.3) is 11.3 Å². The molecule has 1 aliphatic rings. The number of fused-ring (bicyclic) bond motifs is 1. The first kappa shape index (κ1) is 19.5. The minimum Gasteiger partial charge on any atom is -0.489 e. The van der Waals surface area contributed by atoms with Crippen molar-refractivity contribution in [3.05, 3.63) is 83.3 Å². The van der Waals surface area contributed by atoms with Crippen LogP contribution in [0.1, 0.15) is 23.2 Å². The number of ether oxygens (including phenoxy) is 1. The molecule has 4 rings (SSSR count). The molecule has 0 atom stereocenters. The summed E-state index contributed by atoms with van der Waals surface area (Å²) in [5, 5.41) is 18.1. The highest BCUT2D eigenvalue weighted by molar-refractivity contribution is 5.62. The number of rotatable bonds is 7. The van der Waals surface area contributed by atoms with Gasteiger partial charge in [0.05, 0.1) is 11.4 Å². The van der Waals surface area contributed by atoms with Gasteiger partial charge in [0.15, 0.2) is 6.29 Å². The van der Waals surface area contributed by atoms with Crippen LogP contribution in [0.2, 0.25) is 0 Å². The number of aliphatic hydroxyl groups excluding tert-OH is 1. The van der Waals surface area contributed by atoms with Crippen molar-refractivity contribution >= 4 is 0 Å². The van der Waals surface area contributed by atoms with E-state index in [2.05, 4.69) is 11.0 Å². The van der Waals surface area contributed by atoms with E-state index in [0.717, 1.165) is 29.1 Å². The molecule has 0 aliphatic carbocycles. The Balaban J connectivity index is 1.45. The van der Waals surface area contributed by atoms with Crippen LogP contribution in [0.5, 0.6) is 5.75 Å². The van der Waals surface area contributed by atoms with E-state index in [4.69, 9.17) is 19.9 Å². The fraction of sp³-hybridized carbons (Fsp3) is 0.261. The lowest BCUT2D eigenvalue weighted by Gasteiger charge is -2.14. The van der Waals surface area contributed by atoms with Gasteiger partial charge in [-0.15, -0.1) is 0 Å². The Kier molecular flexibility index (Phi) is 5.85. The third kappa shape index (κ3) is 4.98. The van der Waals surface area contributed by atoms with Gasteiger partial charge in [0, 0.05) is 31.6 Å². The monoisotopic (exact) mass is 394 g/mol. The topological polar surface area (TPSA) is 65.8 Å². The van der Waals surface area contributed by atoms with Crippen LogP contribution in [0.15, 0.2) is 60.7 Å². The predicted octanol–water partition coefficient (Wildman–Crippen LogP) is 3.48. The Hall–Kier alpha value is -2.80. The van der Waals surface area contributed by atoms with Crippen LogP contribution in [0, 0.1) is 5.82 Å². The molecule has 0 unspecified atom stereocenters. The molecule has 3 aromatic rings. The largest absolute Gasteiger partial charge is 0.489 e. The zero-order valence-corrected chi connectivity index (χ0v) is 16.0. The summed E-state index contributed by atoms with van der Waals surface area (Å²) in [4.78, 5) is 6.95. The van der Waals surface area contributed by atoms with Crippen molar-refractivity contribution in [2.24, 2.45) is 0 Å². The second-order valence-corrected chi connectivity index (χ2v) is 7.23. The zero-order chi connectivity index (χ0) is 20.2. The van der Waals surface area contributed by atoms with Gasteiger partial charge < -0.3 is 14.9 Å². The lowest BCUT2D eigenvalue weighted by atomic mass is 10.1. The summed E-state index contributed by atoms with van der Waals surface area (Å²) in [5.41, 5.74) is 4.78. The van der Waals surface area contributed by atoms with Crippen molar-refractivity contribution < 1.29 is 19.3 Å². The number of benzene rings is 2. The summed E-state index contributed by atoms with van der Waals surface area (Å²) < 4.78 is 19.1. The van der Waals surface area contributed by atoms with Crippen LogP contribution in [0.3, 0.4) is 0 Å². The summed E-state index contributed by atoms with van der Waals surface area (Å²) in [5.74, 6) is 0.428. The average molecular weight is 394 g/mol. The van der Waals surface area contributed by atoms with E-state index in [1.807, 2.05) is 36.4 Å². The Morgan fingerprint density at radius 3 is 2.72 bits per heavy atom. The average Bonchev–Trinajstić information content (AvgIpc) is 3.13. The maximum Gasteiger partial charge on any atom is 0.152 e. The van der Waals surface area contributed by atoms with Crippen LogP contribution < -0.4 is 4.74 Å². The fourth-order valence-corrected chi connectivity index (χ4v) is 3.48. The normalized spacial score (nSPS) is 13.7. The highest BCUT2D eigenvalue weighted by atomic mass is 19.1. The van der Waals surface area contributed by atoms with Gasteiger partial charge in [0.25, 0.3) is 0 Å². The third-order valence-corrected chi connectivity index (χ3v) is 4.96. The first-order valence-electron chi connectivity index (χ1n) is 9.62. The van der Waals surface area contributed by atoms with E-state index in [1.165, 1.54) is 17.7 Å². The predicted molar refractivity (Wildman–Crippen MR) is 107 cm³/mol. The van der Waals surface area contributed by atoms with Crippen molar-refractivity contribution in [2.75, 3.05) is 6.54 Å². The fourth-order valence-electron chi connectivity index (χ4n) is 3.48. The number of nitrogens with zero attached hydrogens (tertiary/aromatic N) is 2. The molecule has 0 amide bonds. The van der Waals surface area contributed by atoms with Crippen LogP contribution in [-0.2, 0) is 19.7 Å². The first-order valence-corrected chi connectivity index (χ1v) is 9.62. The lowest BCUT2D eigenvalue weighted by Crippen LogP contribution is -2.22. The minimum absolute atomic E-state index is 0.273. The van der Waals surface area contributed by atoms with Gasteiger partial charge in [0.1, 0.15) is 18.2 Å². The molecule has 29 heavy (non-hydrogen) atoms. The standard InChI is InChI=1S/C23H23FN2O3/c24-19-5-1-3-16(11-19)15-29-20-6-2-4-17(12-20)21-8-7-18-13-26(10-9-23(27)28)14-22(18)25-21/h1-8,11-12,23,27-28H,9-10,13-15H2. The molecule has 6 heteroatoms. The second-order valence-electron chi connectivity index (χ2n) is 7.23. The smallest absolute Gasteiger partial charge is 0.152 e. The van der Waals surface area contributed by atoms with Gasteiger partial charge in [-0.2, -0.15) is 0 Å². The number of aromatic nitrogens is 1. The highest BCUT2D eigenvalue weighted by Gasteiger charge is 2.21. The van der Waals surface area contributed by atoms with Crippen molar-refractivity contribution in [2.45, 2.75) is 32.4 Å². The molecule has 0 spiro atoms. The molecule has 2 aromatic carbocycles. The first-order chi connectivity index (χ1) is 14.1. The molecule has 5 nitrogen and oxygen atoms in total. The van der Waals surface area contributed by atoms with E-state index in [0.29, 0.717) is 31.9 Å². The summed E-state index contributed by atoms with van der Waals surface area (Å²) in [6.45, 7) is 2.38. The molecule has 0 saturated carbocycles.